The number of rotatable bonds is 11. The summed E-state index contributed by atoms with van der Waals surface area (Å²) in [7, 11) is 1.74. The molecule has 0 radical (unpaired) electrons. The standard InChI is InChI=1S/C33H34N6O3S.ClH/c1-41-20-18-38-14-16-39(17-15-38)19-21-42-25-22-29(24-8-3-2-4-9-24)35-30(23-25)31(40)36-27-11-6-5-10-26(27)32-37-28-12-7-13-34-33(28)43-32;/h2-13,22-23H,14-21H2,1H3,(H,36,40);1H. The summed E-state index contributed by atoms with van der Waals surface area (Å²) < 4.78 is 11.4. The summed E-state index contributed by atoms with van der Waals surface area (Å²) in [5, 5.41) is 3.86. The highest BCUT2D eigenvalue weighted by atomic mass is 35.5. The van der Waals surface area contributed by atoms with Crippen molar-refractivity contribution in [2.24, 2.45) is 0 Å². The Kier molecular flexibility index (Phi) is 10.9. The van der Waals surface area contributed by atoms with Gasteiger partial charge in [0.05, 0.1) is 18.0 Å². The van der Waals surface area contributed by atoms with E-state index in [4.69, 9.17) is 19.4 Å². The van der Waals surface area contributed by atoms with Crippen molar-refractivity contribution >= 4 is 45.7 Å². The van der Waals surface area contributed by atoms with Crippen LogP contribution in [0.4, 0.5) is 5.69 Å². The molecule has 9 nitrogen and oxygen atoms in total. The van der Waals surface area contributed by atoms with Crippen LogP contribution in [-0.2, 0) is 4.74 Å². The Bertz CT molecular complexity index is 1640. The van der Waals surface area contributed by atoms with Crippen LogP contribution in [-0.4, -0.2) is 90.3 Å². The van der Waals surface area contributed by atoms with E-state index in [9.17, 15) is 4.79 Å². The first-order valence-electron chi connectivity index (χ1n) is 14.4. The van der Waals surface area contributed by atoms with Gasteiger partial charge in [0.1, 0.15) is 33.4 Å². The van der Waals surface area contributed by atoms with E-state index in [1.54, 1.807) is 19.4 Å². The molecule has 0 unspecified atom stereocenters. The molecule has 6 rings (SSSR count). The van der Waals surface area contributed by atoms with Crippen LogP contribution in [0.2, 0.25) is 0 Å². The van der Waals surface area contributed by atoms with Crippen LogP contribution in [0.25, 0.3) is 32.2 Å². The molecule has 0 saturated carbocycles. The highest BCUT2D eigenvalue weighted by Crippen LogP contribution is 2.34. The number of pyridine rings is 2. The normalized spacial score (nSPS) is 13.8. The van der Waals surface area contributed by atoms with E-state index in [0.29, 0.717) is 23.7 Å². The fourth-order valence-electron chi connectivity index (χ4n) is 5.06. The van der Waals surface area contributed by atoms with E-state index in [2.05, 4.69) is 20.1 Å². The zero-order chi connectivity index (χ0) is 29.4. The average molecular weight is 631 g/mol. The van der Waals surface area contributed by atoms with Crippen LogP contribution in [0.3, 0.4) is 0 Å². The van der Waals surface area contributed by atoms with Crippen LogP contribution in [0, 0.1) is 0 Å². The van der Waals surface area contributed by atoms with E-state index in [-0.39, 0.29) is 24.0 Å². The number of thiazole rings is 1. The van der Waals surface area contributed by atoms with E-state index in [1.807, 2.05) is 72.8 Å². The van der Waals surface area contributed by atoms with Crippen molar-refractivity contribution in [2.45, 2.75) is 0 Å². The number of anilines is 1. The lowest BCUT2D eigenvalue weighted by atomic mass is 10.1. The number of methoxy groups -OCH3 is 1. The number of benzene rings is 2. The van der Waals surface area contributed by atoms with Gasteiger partial charge in [0, 0.05) is 75.8 Å². The molecule has 11 heteroatoms. The molecule has 1 fully saturated rings. The minimum atomic E-state index is -0.318. The van der Waals surface area contributed by atoms with Gasteiger partial charge >= 0.3 is 0 Å². The third-order valence-electron chi connectivity index (χ3n) is 7.43. The second-order valence-corrected chi connectivity index (χ2v) is 11.3. The maximum atomic E-state index is 13.7. The molecule has 1 saturated heterocycles. The maximum Gasteiger partial charge on any atom is 0.274 e. The second-order valence-electron chi connectivity index (χ2n) is 10.3. The molecule has 1 aliphatic rings. The molecule has 1 aliphatic heterocycles. The van der Waals surface area contributed by atoms with Gasteiger partial charge in [-0.1, -0.05) is 53.8 Å². The predicted octanol–water partition coefficient (Wildman–Crippen LogP) is 5.74. The van der Waals surface area contributed by atoms with Gasteiger partial charge in [0.15, 0.2) is 0 Å². The van der Waals surface area contributed by atoms with Gasteiger partial charge in [-0.2, -0.15) is 0 Å². The van der Waals surface area contributed by atoms with Crippen molar-refractivity contribution < 1.29 is 14.3 Å². The third kappa shape index (κ3) is 7.77. The SMILES string of the molecule is COCCN1CCN(CCOc2cc(C(=O)Nc3ccccc3-c3nc4cccnc4s3)nc(-c3ccccc3)c2)CC1.Cl. The molecule has 1 N–H and O–H groups in total. The monoisotopic (exact) mass is 630 g/mol. The smallest absolute Gasteiger partial charge is 0.274 e. The first kappa shape index (κ1) is 31.5. The molecule has 2 aromatic carbocycles. The Labute approximate surface area is 267 Å². The van der Waals surface area contributed by atoms with Crippen LogP contribution >= 0.6 is 23.7 Å². The molecule has 0 aliphatic carbocycles. The fraction of sp³-hybridized carbons (Fsp3) is 0.273. The second kappa shape index (κ2) is 15.2. The number of hydrogen-bond donors (Lipinski definition) is 1. The van der Waals surface area contributed by atoms with Crippen molar-refractivity contribution in [1.29, 1.82) is 0 Å². The number of nitrogens with one attached hydrogen (secondary N) is 1. The number of aromatic nitrogens is 3. The highest BCUT2D eigenvalue weighted by molar-refractivity contribution is 7.21. The maximum absolute atomic E-state index is 13.7. The number of amides is 1. The Hall–Kier alpha value is -3.93. The molecular weight excluding hydrogens is 596 g/mol. The first-order chi connectivity index (χ1) is 21.2. The largest absolute Gasteiger partial charge is 0.492 e. The number of hydrogen-bond acceptors (Lipinski definition) is 9. The minimum absolute atomic E-state index is 0. The molecule has 0 bridgehead atoms. The molecule has 3 aromatic heterocycles. The number of carbonyl (C=O) groups is 1. The fourth-order valence-corrected chi connectivity index (χ4v) is 6.01. The topological polar surface area (TPSA) is 92.7 Å². The Morgan fingerprint density at radius 2 is 1.61 bits per heavy atom. The summed E-state index contributed by atoms with van der Waals surface area (Å²) in [6, 6.07) is 24.9. The van der Waals surface area contributed by atoms with Crippen LogP contribution in [0.1, 0.15) is 10.5 Å². The molecule has 1 amide bonds. The van der Waals surface area contributed by atoms with E-state index < -0.39 is 0 Å². The summed E-state index contributed by atoms with van der Waals surface area (Å²) in [4.78, 5) is 33.2. The molecule has 0 spiro atoms. The molecule has 4 heterocycles. The van der Waals surface area contributed by atoms with Crippen LogP contribution in [0.5, 0.6) is 5.75 Å². The summed E-state index contributed by atoms with van der Waals surface area (Å²) >= 11 is 1.49. The highest BCUT2D eigenvalue weighted by Gasteiger charge is 2.19. The Morgan fingerprint density at radius 3 is 2.36 bits per heavy atom. The predicted molar refractivity (Wildman–Crippen MR) is 178 cm³/mol. The summed E-state index contributed by atoms with van der Waals surface area (Å²) in [6.07, 6.45) is 1.76. The zero-order valence-electron chi connectivity index (χ0n) is 24.5. The van der Waals surface area contributed by atoms with Crippen LogP contribution < -0.4 is 10.1 Å². The number of para-hydroxylation sites is 1. The molecule has 0 atom stereocenters. The quantitative estimate of drug-likeness (QED) is 0.198. The summed E-state index contributed by atoms with van der Waals surface area (Å²) in [5.41, 5.74) is 4.19. The third-order valence-corrected chi connectivity index (χ3v) is 8.44. The lowest BCUT2D eigenvalue weighted by Crippen LogP contribution is -2.48. The number of halogens is 1. The minimum Gasteiger partial charge on any atom is -0.492 e. The first-order valence-corrected chi connectivity index (χ1v) is 15.2. The van der Waals surface area contributed by atoms with Crippen molar-refractivity contribution in [2.75, 3.05) is 64.9 Å². The van der Waals surface area contributed by atoms with Crippen molar-refractivity contribution in [3.8, 4) is 27.6 Å². The molecule has 5 aromatic rings. The van der Waals surface area contributed by atoms with Gasteiger partial charge in [-0.05, 0) is 24.3 Å². The van der Waals surface area contributed by atoms with Gasteiger partial charge in [0.2, 0.25) is 0 Å². The van der Waals surface area contributed by atoms with E-state index >= 15 is 0 Å². The number of ether oxygens (including phenoxy) is 2. The number of fused-ring (bicyclic) bond motifs is 1. The zero-order valence-corrected chi connectivity index (χ0v) is 26.2. The summed E-state index contributed by atoms with van der Waals surface area (Å²) in [5.74, 6) is 0.296. The van der Waals surface area contributed by atoms with Gasteiger partial charge in [-0.3, -0.25) is 14.6 Å². The Balaban J connectivity index is 0.00000384. The van der Waals surface area contributed by atoms with E-state index in [0.717, 1.165) is 72.4 Å². The van der Waals surface area contributed by atoms with Gasteiger partial charge in [0.25, 0.3) is 5.91 Å². The van der Waals surface area contributed by atoms with E-state index in [1.165, 1.54) is 11.3 Å². The number of piperazine rings is 1. The summed E-state index contributed by atoms with van der Waals surface area (Å²) in [6.45, 7) is 7.10. The molecule has 44 heavy (non-hydrogen) atoms. The lowest BCUT2D eigenvalue weighted by molar-refractivity contribution is 0.0893. The van der Waals surface area contributed by atoms with Gasteiger partial charge in [-0.15, -0.1) is 12.4 Å². The Morgan fingerprint density at radius 1 is 0.886 bits per heavy atom. The average Bonchev–Trinajstić information content (AvgIpc) is 3.49. The van der Waals surface area contributed by atoms with Gasteiger partial charge < -0.3 is 14.8 Å². The number of carbonyl (C=O) groups excluding carboxylic acids is 1. The molecule has 228 valence electrons. The number of nitrogens with zero attached hydrogens (tertiary/aromatic N) is 5. The molecular formula is C33H35ClN6O3S. The van der Waals surface area contributed by atoms with Crippen molar-refractivity contribution in [3.63, 3.8) is 0 Å². The lowest BCUT2D eigenvalue weighted by Gasteiger charge is -2.34. The van der Waals surface area contributed by atoms with Crippen LogP contribution in [0.15, 0.2) is 85.1 Å². The van der Waals surface area contributed by atoms with Crippen molar-refractivity contribution in [3.05, 3.63) is 90.8 Å². The van der Waals surface area contributed by atoms with Gasteiger partial charge in [-0.25, -0.2) is 15.0 Å². The van der Waals surface area contributed by atoms with Crippen molar-refractivity contribution in [1.82, 2.24) is 24.8 Å².